The van der Waals surface area contributed by atoms with Crippen molar-refractivity contribution in [3.63, 3.8) is 0 Å². The maximum absolute atomic E-state index is 4.89. The van der Waals surface area contributed by atoms with Crippen LogP contribution in [0.4, 0.5) is 0 Å². The standard InChI is InChI=1S/C9H12O/c1-8-4-3-5-9(6-8)7-10-2/h3-5,7H,6H2,1-2H3. The molecule has 1 aliphatic carbocycles. The first-order valence-electron chi connectivity index (χ1n) is 3.38. The Balaban J connectivity index is 2.64. The summed E-state index contributed by atoms with van der Waals surface area (Å²) in [6.45, 7) is 2.12. The first kappa shape index (κ1) is 7.13. The molecule has 0 amide bonds. The lowest BCUT2D eigenvalue weighted by Gasteiger charge is -2.05. The van der Waals surface area contributed by atoms with E-state index in [1.54, 1.807) is 13.4 Å². The minimum Gasteiger partial charge on any atom is -0.504 e. The fourth-order valence-corrected chi connectivity index (χ4v) is 1.01. The van der Waals surface area contributed by atoms with E-state index in [0.717, 1.165) is 6.42 Å². The van der Waals surface area contributed by atoms with E-state index < -0.39 is 0 Å². The Labute approximate surface area is 61.7 Å². The molecule has 1 aliphatic rings. The Kier molecular flexibility index (Phi) is 2.32. The second-order valence-electron chi connectivity index (χ2n) is 2.48. The van der Waals surface area contributed by atoms with E-state index >= 15 is 0 Å². The molecule has 0 saturated heterocycles. The highest BCUT2D eigenvalue weighted by molar-refractivity contribution is 5.32. The summed E-state index contributed by atoms with van der Waals surface area (Å²) in [6.07, 6.45) is 9.03. The normalized spacial score (nSPS) is 21.0. The monoisotopic (exact) mass is 136 g/mol. The van der Waals surface area contributed by atoms with Gasteiger partial charge in [0.05, 0.1) is 13.4 Å². The molecule has 0 aromatic rings. The third-order valence-corrected chi connectivity index (χ3v) is 1.44. The van der Waals surface area contributed by atoms with Gasteiger partial charge in [0, 0.05) is 0 Å². The first-order chi connectivity index (χ1) is 4.83. The largest absolute Gasteiger partial charge is 0.504 e. The third kappa shape index (κ3) is 1.76. The molecule has 0 aliphatic heterocycles. The average molecular weight is 136 g/mol. The van der Waals surface area contributed by atoms with Gasteiger partial charge in [-0.2, -0.15) is 0 Å². The van der Waals surface area contributed by atoms with E-state index in [0.29, 0.717) is 0 Å². The first-order valence-corrected chi connectivity index (χ1v) is 3.38. The summed E-state index contributed by atoms with van der Waals surface area (Å²) in [6, 6.07) is 0. The summed E-state index contributed by atoms with van der Waals surface area (Å²) < 4.78 is 4.89. The number of rotatable bonds is 1. The van der Waals surface area contributed by atoms with Gasteiger partial charge in [0.25, 0.3) is 0 Å². The molecule has 0 saturated carbocycles. The molecule has 0 heterocycles. The van der Waals surface area contributed by atoms with Crippen LogP contribution in [-0.2, 0) is 4.74 Å². The Hall–Kier alpha value is -0.980. The third-order valence-electron chi connectivity index (χ3n) is 1.44. The van der Waals surface area contributed by atoms with Gasteiger partial charge in [0.15, 0.2) is 0 Å². The minimum atomic E-state index is 1.02. The van der Waals surface area contributed by atoms with Crippen molar-refractivity contribution in [3.8, 4) is 0 Å². The summed E-state index contributed by atoms with van der Waals surface area (Å²) in [5.41, 5.74) is 2.62. The van der Waals surface area contributed by atoms with Gasteiger partial charge in [0.1, 0.15) is 0 Å². The molecule has 1 nitrogen and oxygen atoms in total. The van der Waals surface area contributed by atoms with Crippen LogP contribution < -0.4 is 0 Å². The van der Waals surface area contributed by atoms with Gasteiger partial charge in [0.2, 0.25) is 0 Å². The fraction of sp³-hybridized carbons (Fsp3) is 0.333. The topological polar surface area (TPSA) is 9.23 Å². The molecule has 10 heavy (non-hydrogen) atoms. The minimum absolute atomic E-state index is 1.02. The van der Waals surface area contributed by atoms with Crippen molar-refractivity contribution in [2.45, 2.75) is 13.3 Å². The molecule has 1 rings (SSSR count). The van der Waals surface area contributed by atoms with Crippen molar-refractivity contribution in [1.29, 1.82) is 0 Å². The van der Waals surface area contributed by atoms with E-state index in [2.05, 4.69) is 19.1 Å². The van der Waals surface area contributed by atoms with Crippen LogP contribution >= 0.6 is 0 Å². The molecule has 0 radical (unpaired) electrons. The smallest absolute Gasteiger partial charge is 0.0859 e. The highest BCUT2D eigenvalue weighted by Crippen LogP contribution is 2.16. The second-order valence-corrected chi connectivity index (χ2v) is 2.48. The maximum atomic E-state index is 4.89. The van der Waals surface area contributed by atoms with Crippen LogP contribution in [0.15, 0.2) is 35.6 Å². The maximum Gasteiger partial charge on any atom is 0.0859 e. The van der Waals surface area contributed by atoms with E-state index in [1.165, 1.54) is 11.1 Å². The van der Waals surface area contributed by atoms with Gasteiger partial charge in [-0.3, -0.25) is 0 Å². The zero-order valence-electron chi connectivity index (χ0n) is 6.42. The van der Waals surface area contributed by atoms with Crippen LogP contribution in [0.3, 0.4) is 0 Å². The number of allylic oxidation sites excluding steroid dienone is 5. The summed E-state index contributed by atoms with van der Waals surface area (Å²) in [4.78, 5) is 0. The van der Waals surface area contributed by atoms with Crippen molar-refractivity contribution in [2.75, 3.05) is 7.11 Å². The molecule has 54 valence electrons. The van der Waals surface area contributed by atoms with E-state index in [1.807, 2.05) is 6.08 Å². The van der Waals surface area contributed by atoms with Crippen LogP contribution in [0, 0.1) is 0 Å². The van der Waals surface area contributed by atoms with Gasteiger partial charge in [-0.15, -0.1) is 0 Å². The lowest BCUT2D eigenvalue weighted by molar-refractivity contribution is 0.334. The van der Waals surface area contributed by atoms with Gasteiger partial charge in [-0.05, 0) is 18.9 Å². The zero-order valence-corrected chi connectivity index (χ0v) is 6.42. The lowest BCUT2D eigenvalue weighted by Crippen LogP contribution is -1.87. The summed E-state index contributed by atoms with van der Waals surface area (Å²) in [5.74, 6) is 0. The van der Waals surface area contributed by atoms with Crippen LogP contribution in [-0.4, -0.2) is 7.11 Å². The second kappa shape index (κ2) is 3.25. The number of ether oxygens (including phenoxy) is 1. The summed E-state index contributed by atoms with van der Waals surface area (Å²) in [7, 11) is 1.68. The van der Waals surface area contributed by atoms with Gasteiger partial charge < -0.3 is 4.74 Å². The number of hydrogen-bond acceptors (Lipinski definition) is 1. The van der Waals surface area contributed by atoms with Crippen molar-refractivity contribution in [2.24, 2.45) is 0 Å². The number of hydrogen-bond donors (Lipinski definition) is 0. The Morgan fingerprint density at radius 1 is 1.60 bits per heavy atom. The Bertz CT molecular complexity index is 194. The van der Waals surface area contributed by atoms with Crippen molar-refractivity contribution >= 4 is 0 Å². The summed E-state index contributed by atoms with van der Waals surface area (Å²) >= 11 is 0. The van der Waals surface area contributed by atoms with Gasteiger partial charge >= 0.3 is 0 Å². The van der Waals surface area contributed by atoms with Crippen LogP contribution in [0.5, 0.6) is 0 Å². The Morgan fingerprint density at radius 2 is 2.40 bits per heavy atom. The van der Waals surface area contributed by atoms with Crippen molar-refractivity contribution < 1.29 is 4.74 Å². The molecule has 0 bridgehead atoms. The van der Waals surface area contributed by atoms with Crippen molar-refractivity contribution in [1.82, 2.24) is 0 Å². The molecular formula is C9H12O. The molecule has 1 heteroatoms. The Morgan fingerprint density at radius 3 is 3.00 bits per heavy atom. The average Bonchev–Trinajstić information content (AvgIpc) is 1.88. The van der Waals surface area contributed by atoms with E-state index in [9.17, 15) is 0 Å². The number of methoxy groups -OCH3 is 1. The fourth-order valence-electron chi connectivity index (χ4n) is 1.01. The summed E-state index contributed by atoms with van der Waals surface area (Å²) in [5, 5.41) is 0. The van der Waals surface area contributed by atoms with E-state index in [-0.39, 0.29) is 0 Å². The molecule has 0 fully saturated rings. The predicted molar refractivity (Wildman–Crippen MR) is 42.6 cm³/mol. The predicted octanol–water partition coefficient (Wildman–Crippen LogP) is 2.42. The van der Waals surface area contributed by atoms with Crippen LogP contribution in [0.1, 0.15) is 13.3 Å². The van der Waals surface area contributed by atoms with E-state index in [4.69, 9.17) is 4.74 Å². The molecule has 0 N–H and O–H groups in total. The zero-order chi connectivity index (χ0) is 7.40. The molecule has 0 spiro atoms. The van der Waals surface area contributed by atoms with Gasteiger partial charge in [-0.25, -0.2) is 0 Å². The quantitative estimate of drug-likeness (QED) is 0.503. The highest BCUT2D eigenvalue weighted by atomic mass is 16.5. The molecule has 0 aromatic carbocycles. The van der Waals surface area contributed by atoms with Crippen LogP contribution in [0.2, 0.25) is 0 Å². The lowest BCUT2D eigenvalue weighted by atomic mass is 10.0. The highest BCUT2D eigenvalue weighted by Gasteiger charge is 1.97. The molecule has 0 aromatic heterocycles. The van der Waals surface area contributed by atoms with Crippen molar-refractivity contribution in [3.05, 3.63) is 35.6 Å². The van der Waals surface area contributed by atoms with Crippen LogP contribution in [0.25, 0.3) is 0 Å². The molecular weight excluding hydrogens is 124 g/mol. The SMILES string of the molecule is COC=C1C=CC=C(C)C1. The molecule has 0 unspecified atom stereocenters. The van der Waals surface area contributed by atoms with Gasteiger partial charge in [-0.1, -0.05) is 23.8 Å². The molecule has 0 atom stereocenters.